The molecule has 124 valence electrons. The monoisotopic (exact) mass is 370 g/mol. The first kappa shape index (κ1) is 15.9. The van der Waals surface area contributed by atoms with Gasteiger partial charge in [-0.3, -0.25) is 4.79 Å². The van der Waals surface area contributed by atoms with Crippen LogP contribution in [-0.2, 0) is 11.2 Å². The number of rotatable bonds is 2. The first-order valence-corrected chi connectivity index (χ1v) is 8.32. The fourth-order valence-electron chi connectivity index (χ4n) is 2.69. The van der Waals surface area contributed by atoms with E-state index in [4.69, 9.17) is 23.2 Å². The number of carbonyl (C=O) groups excluding carboxylic acids is 1. The Balaban J connectivity index is 1.77. The lowest BCUT2D eigenvalue weighted by Gasteiger charge is -2.11. The zero-order valence-electron chi connectivity index (χ0n) is 12.9. The highest BCUT2D eigenvalue weighted by molar-refractivity contribution is 6.31. The molecule has 2 aromatic carbocycles. The van der Waals surface area contributed by atoms with Crippen molar-refractivity contribution in [2.24, 2.45) is 0 Å². The van der Waals surface area contributed by atoms with E-state index >= 15 is 0 Å². The average molecular weight is 371 g/mol. The molecule has 0 unspecified atom stereocenters. The van der Waals surface area contributed by atoms with Gasteiger partial charge < -0.3 is 10.6 Å². The van der Waals surface area contributed by atoms with Crippen molar-refractivity contribution >= 4 is 46.4 Å². The third-order valence-corrected chi connectivity index (χ3v) is 4.31. The number of nitrogens with one attached hydrogen (secondary N) is 2. The molecule has 3 aromatic rings. The van der Waals surface area contributed by atoms with Crippen molar-refractivity contribution in [3.8, 4) is 11.3 Å². The van der Waals surface area contributed by atoms with E-state index in [2.05, 4.69) is 20.6 Å². The molecule has 0 bridgehead atoms. The summed E-state index contributed by atoms with van der Waals surface area (Å²) in [4.78, 5) is 21.0. The van der Waals surface area contributed by atoms with Gasteiger partial charge in [-0.05, 0) is 42.5 Å². The zero-order valence-corrected chi connectivity index (χ0v) is 14.4. The topological polar surface area (TPSA) is 66.9 Å². The largest absolute Gasteiger partial charge is 0.325 e. The van der Waals surface area contributed by atoms with Crippen LogP contribution >= 0.6 is 23.2 Å². The number of benzene rings is 2. The minimum Gasteiger partial charge on any atom is -0.325 e. The van der Waals surface area contributed by atoms with Crippen LogP contribution in [0.4, 0.5) is 17.3 Å². The Hall–Kier alpha value is -2.63. The average Bonchev–Trinajstić information content (AvgIpc) is 2.71. The van der Waals surface area contributed by atoms with Crippen molar-refractivity contribution in [1.29, 1.82) is 0 Å². The summed E-state index contributed by atoms with van der Waals surface area (Å²) in [6.45, 7) is 0. The van der Waals surface area contributed by atoms with E-state index in [9.17, 15) is 4.79 Å². The molecule has 0 saturated carbocycles. The molecule has 0 saturated heterocycles. The Morgan fingerprint density at radius 1 is 1.04 bits per heavy atom. The molecule has 5 nitrogen and oxygen atoms in total. The Morgan fingerprint density at radius 3 is 2.60 bits per heavy atom. The SMILES string of the molecule is O=C1Cc2cnc(Nc3ccc(Cl)cc3)nc2-c2ccc(Cl)cc2N1. The van der Waals surface area contributed by atoms with Gasteiger partial charge in [0.15, 0.2) is 0 Å². The molecule has 0 fully saturated rings. The van der Waals surface area contributed by atoms with Crippen LogP contribution < -0.4 is 10.6 Å². The summed E-state index contributed by atoms with van der Waals surface area (Å²) < 4.78 is 0. The van der Waals surface area contributed by atoms with E-state index in [1.807, 2.05) is 18.2 Å². The third-order valence-electron chi connectivity index (χ3n) is 3.83. The van der Waals surface area contributed by atoms with E-state index in [-0.39, 0.29) is 12.3 Å². The van der Waals surface area contributed by atoms with Gasteiger partial charge in [0, 0.05) is 33.1 Å². The Labute approximate surface area is 154 Å². The van der Waals surface area contributed by atoms with Crippen LogP contribution in [0.25, 0.3) is 11.3 Å². The first-order valence-electron chi connectivity index (χ1n) is 7.57. The van der Waals surface area contributed by atoms with Gasteiger partial charge >= 0.3 is 0 Å². The molecule has 2 N–H and O–H groups in total. The predicted octanol–water partition coefficient (Wildman–Crippen LogP) is 4.69. The van der Waals surface area contributed by atoms with Crippen molar-refractivity contribution in [2.75, 3.05) is 10.6 Å². The van der Waals surface area contributed by atoms with E-state index in [0.29, 0.717) is 27.4 Å². The zero-order chi connectivity index (χ0) is 17.4. The van der Waals surface area contributed by atoms with Crippen LogP contribution in [0.2, 0.25) is 10.0 Å². The number of carbonyl (C=O) groups is 1. The van der Waals surface area contributed by atoms with Crippen molar-refractivity contribution in [3.05, 3.63) is 64.3 Å². The smallest absolute Gasteiger partial charge is 0.228 e. The van der Waals surface area contributed by atoms with Gasteiger partial charge in [0.1, 0.15) is 0 Å². The number of aromatic nitrogens is 2. The van der Waals surface area contributed by atoms with Crippen LogP contribution in [0.1, 0.15) is 5.56 Å². The predicted molar refractivity (Wildman–Crippen MR) is 99.5 cm³/mol. The van der Waals surface area contributed by atoms with Gasteiger partial charge in [0.25, 0.3) is 0 Å². The minimum atomic E-state index is -0.121. The number of halogens is 2. The summed E-state index contributed by atoms with van der Waals surface area (Å²) in [6, 6.07) is 12.6. The molecule has 7 heteroatoms. The molecule has 25 heavy (non-hydrogen) atoms. The maximum absolute atomic E-state index is 12.1. The third kappa shape index (κ3) is 3.29. The molecule has 1 aliphatic heterocycles. The fourth-order valence-corrected chi connectivity index (χ4v) is 2.98. The fraction of sp³-hybridized carbons (Fsp3) is 0.0556. The standard InChI is InChI=1S/C18H12Cl2N4O/c19-11-1-4-13(5-2-11)22-18-21-9-10-7-16(25)23-15-8-12(20)3-6-14(15)17(10)24-18/h1-6,8-9H,7H2,(H,23,25)(H,21,22,24). The highest BCUT2D eigenvalue weighted by atomic mass is 35.5. The van der Waals surface area contributed by atoms with Crippen LogP contribution in [-0.4, -0.2) is 15.9 Å². The maximum atomic E-state index is 12.1. The molecule has 0 aliphatic carbocycles. The van der Waals surface area contributed by atoms with Crippen molar-refractivity contribution in [3.63, 3.8) is 0 Å². The Kier molecular flexibility index (Phi) is 4.03. The van der Waals surface area contributed by atoms with Crippen LogP contribution in [0.5, 0.6) is 0 Å². The Morgan fingerprint density at radius 2 is 1.80 bits per heavy atom. The van der Waals surface area contributed by atoms with Gasteiger partial charge in [-0.25, -0.2) is 9.97 Å². The normalized spacial score (nSPS) is 12.6. The number of fused-ring (bicyclic) bond motifs is 3. The molecule has 2 heterocycles. The lowest BCUT2D eigenvalue weighted by molar-refractivity contribution is -0.115. The second kappa shape index (κ2) is 6.35. The summed E-state index contributed by atoms with van der Waals surface area (Å²) in [5.74, 6) is 0.320. The highest BCUT2D eigenvalue weighted by Gasteiger charge is 2.21. The van der Waals surface area contributed by atoms with Crippen LogP contribution in [0, 0.1) is 0 Å². The lowest BCUT2D eigenvalue weighted by Crippen LogP contribution is -2.12. The molecule has 1 aliphatic rings. The van der Waals surface area contributed by atoms with Crippen molar-refractivity contribution in [2.45, 2.75) is 6.42 Å². The Bertz CT molecular complexity index is 973. The first-order chi connectivity index (χ1) is 12.1. The van der Waals surface area contributed by atoms with E-state index in [1.165, 1.54) is 0 Å². The number of hydrogen-bond donors (Lipinski definition) is 2. The van der Waals surface area contributed by atoms with Crippen LogP contribution in [0.15, 0.2) is 48.7 Å². The van der Waals surface area contributed by atoms with Gasteiger partial charge in [0.2, 0.25) is 11.9 Å². The number of nitrogens with zero attached hydrogens (tertiary/aromatic N) is 2. The minimum absolute atomic E-state index is 0.121. The number of amides is 1. The second-order valence-corrected chi connectivity index (χ2v) is 6.49. The molecular weight excluding hydrogens is 359 g/mol. The van der Waals surface area contributed by atoms with Gasteiger partial charge in [-0.2, -0.15) is 0 Å². The lowest BCUT2D eigenvalue weighted by atomic mass is 10.1. The molecule has 0 atom stereocenters. The second-order valence-electron chi connectivity index (χ2n) is 5.61. The summed E-state index contributed by atoms with van der Waals surface area (Å²) in [7, 11) is 0. The van der Waals surface area contributed by atoms with Crippen molar-refractivity contribution < 1.29 is 4.79 Å². The van der Waals surface area contributed by atoms with E-state index in [1.54, 1.807) is 30.5 Å². The number of anilines is 3. The van der Waals surface area contributed by atoms with Crippen LogP contribution in [0.3, 0.4) is 0 Å². The van der Waals surface area contributed by atoms with Crippen molar-refractivity contribution in [1.82, 2.24) is 9.97 Å². The maximum Gasteiger partial charge on any atom is 0.228 e. The summed E-state index contributed by atoms with van der Waals surface area (Å²) in [6.07, 6.45) is 1.88. The summed E-state index contributed by atoms with van der Waals surface area (Å²) in [5.41, 5.74) is 3.75. The summed E-state index contributed by atoms with van der Waals surface area (Å²) in [5, 5.41) is 7.21. The van der Waals surface area contributed by atoms with E-state index in [0.717, 1.165) is 16.8 Å². The molecule has 1 aromatic heterocycles. The summed E-state index contributed by atoms with van der Waals surface area (Å²) >= 11 is 12.0. The molecule has 1 amide bonds. The molecular formula is C18H12Cl2N4O. The van der Waals surface area contributed by atoms with E-state index < -0.39 is 0 Å². The van der Waals surface area contributed by atoms with Gasteiger partial charge in [0.05, 0.1) is 17.8 Å². The molecule has 0 radical (unpaired) electrons. The molecule has 0 spiro atoms. The number of hydrogen-bond acceptors (Lipinski definition) is 4. The van der Waals surface area contributed by atoms with Gasteiger partial charge in [-0.1, -0.05) is 23.2 Å². The highest BCUT2D eigenvalue weighted by Crippen LogP contribution is 2.34. The quantitative estimate of drug-likeness (QED) is 0.686. The molecule has 4 rings (SSSR count). The van der Waals surface area contributed by atoms with Gasteiger partial charge in [-0.15, -0.1) is 0 Å².